The zero-order chi connectivity index (χ0) is 21.8. The third-order valence-electron chi connectivity index (χ3n) is 5.41. The van der Waals surface area contributed by atoms with E-state index >= 15 is 0 Å². The number of nitrogens with zero attached hydrogens (tertiary/aromatic N) is 2. The van der Waals surface area contributed by atoms with Gasteiger partial charge in [-0.2, -0.15) is 0 Å². The Hall–Kier alpha value is -1.28. The van der Waals surface area contributed by atoms with Gasteiger partial charge in [-0.1, -0.05) is 51.4 Å². The van der Waals surface area contributed by atoms with Crippen LogP contribution in [0.2, 0.25) is 0 Å². The Morgan fingerprint density at radius 2 is 0.893 bits per heavy atom. The van der Waals surface area contributed by atoms with Crippen LogP contribution in [0.5, 0.6) is 0 Å². The lowest BCUT2D eigenvalue weighted by molar-refractivity contribution is -0.562. The molecule has 0 saturated heterocycles. The Morgan fingerprint density at radius 3 is 1.14 bits per heavy atom. The van der Waals surface area contributed by atoms with Crippen molar-refractivity contribution in [1.29, 1.82) is 0 Å². The molecule has 2 unspecified atom stereocenters. The van der Waals surface area contributed by atoms with E-state index in [0.29, 0.717) is 12.8 Å². The zero-order valence-corrected chi connectivity index (χ0v) is 18.3. The molecule has 0 rings (SSSR count). The van der Waals surface area contributed by atoms with Gasteiger partial charge in [0.05, 0.1) is 0 Å². The van der Waals surface area contributed by atoms with Gasteiger partial charge in [0.25, 0.3) is 0 Å². The molecule has 166 valence electrons. The lowest BCUT2D eigenvalue weighted by Gasteiger charge is -2.20. The van der Waals surface area contributed by atoms with Crippen LogP contribution in [-0.2, 0) is 0 Å². The molecule has 0 amide bonds. The maximum absolute atomic E-state index is 10.9. The highest BCUT2D eigenvalue weighted by Crippen LogP contribution is 2.20. The molecule has 28 heavy (non-hydrogen) atoms. The van der Waals surface area contributed by atoms with E-state index in [0.717, 1.165) is 38.5 Å². The van der Waals surface area contributed by atoms with Crippen LogP contribution in [-0.4, -0.2) is 33.0 Å². The average Bonchev–Trinajstić information content (AvgIpc) is 2.55. The molecule has 0 aliphatic heterocycles. The Kier molecular flexibility index (Phi) is 12.4. The molecule has 0 aliphatic rings. The van der Waals surface area contributed by atoms with Gasteiger partial charge in [0, 0.05) is 62.5 Å². The molecule has 0 fully saturated rings. The number of nitro groups is 2. The Balaban J connectivity index is 3.58. The summed E-state index contributed by atoms with van der Waals surface area (Å²) in [7, 11) is 0. The minimum atomic E-state index is -0.943. The molecule has 0 aromatic carbocycles. The summed E-state index contributed by atoms with van der Waals surface area (Å²) >= 11 is 0. The molecule has 2 atom stereocenters. The summed E-state index contributed by atoms with van der Waals surface area (Å²) < 4.78 is 0. The van der Waals surface area contributed by atoms with E-state index in [4.69, 9.17) is 11.5 Å². The lowest BCUT2D eigenvalue weighted by atomic mass is 9.93. The van der Waals surface area contributed by atoms with Crippen molar-refractivity contribution < 1.29 is 9.85 Å². The molecule has 0 aromatic heterocycles. The van der Waals surface area contributed by atoms with Gasteiger partial charge in [0.2, 0.25) is 11.1 Å². The van der Waals surface area contributed by atoms with Crippen molar-refractivity contribution >= 4 is 0 Å². The second-order valence-corrected chi connectivity index (χ2v) is 9.47. The fraction of sp³-hybridized carbons (Fsp3) is 1.00. The summed E-state index contributed by atoms with van der Waals surface area (Å²) in [4.78, 5) is 21.3. The maximum Gasteiger partial charge on any atom is 0.218 e. The normalized spacial score (nSPS) is 14.6. The second kappa shape index (κ2) is 13.0. The van der Waals surface area contributed by atoms with Crippen LogP contribution in [0.25, 0.3) is 0 Å². The van der Waals surface area contributed by atoms with Crippen molar-refractivity contribution in [2.24, 2.45) is 11.5 Å². The molecule has 8 nitrogen and oxygen atoms in total. The van der Waals surface area contributed by atoms with Crippen LogP contribution in [0.3, 0.4) is 0 Å². The van der Waals surface area contributed by atoms with Gasteiger partial charge in [-0.15, -0.1) is 0 Å². The van der Waals surface area contributed by atoms with Crippen molar-refractivity contribution in [3.8, 4) is 0 Å². The summed E-state index contributed by atoms with van der Waals surface area (Å²) in [6, 6.07) is -0.213. The van der Waals surface area contributed by atoms with Crippen LogP contribution in [0.15, 0.2) is 0 Å². The van der Waals surface area contributed by atoms with Gasteiger partial charge >= 0.3 is 0 Å². The molecule has 0 radical (unpaired) electrons. The second-order valence-electron chi connectivity index (χ2n) is 9.47. The molecule has 0 saturated carbocycles. The van der Waals surface area contributed by atoms with Crippen LogP contribution >= 0.6 is 0 Å². The number of unbranched alkanes of at least 4 members (excludes halogenated alkanes) is 7. The van der Waals surface area contributed by atoms with Gasteiger partial charge in [-0.05, 0) is 12.8 Å². The van der Waals surface area contributed by atoms with Gasteiger partial charge < -0.3 is 11.5 Å². The first-order valence-corrected chi connectivity index (χ1v) is 10.7. The van der Waals surface area contributed by atoms with E-state index < -0.39 is 11.1 Å². The summed E-state index contributed by atoms with van der Waals surface area (Å²) in [5.41, 5.74) is 10.2. The Bertz CT molecular complexity index is 427. The van der Waals surface area contributed by atoms with Crippen LogP contribution in [0, 0.1) is 20.2 Å². The van der Waals surface area contributed by atoms with Gasteiger partial charge in [-0.3, -0.25) is 20.2 Å². The highest BCUT2D eigenvalue weighted by atomic mass is 16.6. The number of hydrogen-bond acceptors (Lipinski definition) is 6. The fourth-order valence-electron chi connectivity index (χ4n) is 3.51. The molecule has 0 spiro atoms. The largest absolute Gasteiger partial charge is 0.327 e. The van der Waals surface area contributed by atoms with Crippen LogP contribution in [0.1, 0.15) is 105 Å². The summed E-state index contributed by atoms with van der Waals surface area (Å²) in [6.45, 7) is 6.51. The third-order valence-corrected chi connectivity index (χ3v) is 5.41. The van der Waals surface area contributed by atoms with Gasteiger partial charge in [0.1, 0.15) is 0 Å². The first-order chi connectivity index (χ1) is 12.9. The van der Waals surface area contributed by atoms with Crippen LogP contribution < -0.4 is 11.5 Å². The van der Waals surface area contributed by atoms with E-state index in [1.165, 1.54) is 25.7 Å². The third kappa shape index (κ3) is 12.2. The van der Waals surface area contributed by atoms with E-state index in [2.05, 4.69) is 0 Å². The van der Waals surface area contributed by atoms with Crippen molar-refractivity contribution in [2.75, 3.05) is 0 Å². The molecular formula is C20H42N4O4. The summed E-state index contributed by atoms with van der Waals surface area (Å²) in [6.07, 6.45) is 11.5. The Morgan fingerprint density at radius 1 is 0.643 bits per heavy atom. The summed E-state index contributed by atoms with van der Waals surface area (Å²) in [5.74, 6) is 0. The molecule has 0 aromatic rings. The minimum Gasteiger partial charge on any atom is -0.327 e. The predicted octanol–water partition coefficient (Wildman–Crippen LogP) is 4.43. The fourth-order valence-corrected chi connectivity index (χ4v) is 3.51. The first kappa shape index (κ1) is 26.7. The topological polar surface area (TPSA) is 138 Å². The number of rotatable bonds is 17. The molecule has 8 heteroatoms. The van der Waals surface area contributed by atoms with E-state index in [1.54, 1.807) is 27.7 Å². The Labute approximate surface area is 170 Å². The smallest absolute Gasteiger partial charge is 0.218 e. The van der Waals surface area contributed by atoms with E-state index in [9.17, 15) is 20.2 Å². The number of hydrogen-bond donors (Lipinski definition) is 2. The molecule has 0 bridgehead atoms. The summed E-state index contributed by atoms with van der Waals surface area (Å²) in [5, 5.41) is 21.8. The average molecular weight is 403 g/mol. The van der Waals surface area contributed by atoms with E-state index in [-0.39, 0.29) is 21.9 Å². The van der Waals surface area contributed by atoms with Crippen molar-refractivity contribution in [3.05, 3.63) is 20.2 Å². The maximum atomic E-state index is 10.9. The van der Waals surface area contributed by atoms with Crippen molar-refractivity contribution in [3.63, 3.8) is 0 Å². The van der Waals surface area contributed by atoms with Crippen LogP contribution in [0.4, 0.5) is 0 Å². The molecule has 4 N–H and O–H groups in total. The predicted molar refractivity (Wildman–Crippen MR) is 114 cm³/mol. The SMILES string of the molecule is CC(C)(CC(N)CCCCCCCCCCC(N)CC(C)(C)[N+](=O)[O-])[N+](=O)[O-]. The minimum absolute atomic E-state index is 0.107. The lowest BCUT2D eigenvalue weighted by Crippen LogP contribution is -2.38. The monoisotopic (exact) mass is 402 g/mol. The van der Waals surface area contributed by atoms with Crippen molar-refractivity contribution in [2.45, 2.75) is 128 Å². The first-order valence-electron chi connectivity index (χ1n) is 10.7. The highest BCUT2D eigenvalue weighted by molar-refractivity contribution is 4.76. The quantitative estimate of drug-likeness (QED) is 0.209. The van der Waals surface area contributed by atoms with Gasteiger partial charge in [-0.25, -0.2) is 0 Å². The molecule has 0 heterocycles. The van der Waals surface area contributed by atoms with E-state index in [1.807, 2.05) is 0 Å². The zero-order valence-electron chi connectivity index (χ0n) is 18.3. The number of nitrogens with two attached hydrogens (primary N) is 2. The standard InChI is InChI=1S/C20H42N4O4/c1-19(2,23(25)26)15-17(21)13-11-9-7-5-6-8-10-12-14-18(22)16-20(3,4)24(27)28/h17-18H,5-16,21-22H2,1-4H3. The molecule has 0 aliphatic carbocycles. The van der Waals surface area contributed by atoms with Gasteiger partial charge in [0.15, 0.2) is 0 Å². The molecular weight excluding hydrogens is 360 g/mol. The van der Waals surface area contributed by atoms with Crippen molar-refractivity contribution in [1.82, 2.24) is 0 Å². The highest BCUT2D eigenvalue weighted by Gasteiger charge is 2.33.